The largest absolute Gasteiger partial charge is 0.335 e. The standard InChI is InChI=1S/C13H19BrN2OS/c1-2-16(10-5-3-4-9(10)8-15)13(17)11-6-7-12(14)18-11/h6-7,9-10H,2-5,8,15H2,1H3. The van der Waals surface area contributed by atoms with Crippen LogP contribution in [0.1, 0.15) is 35.9 Å². The van der Waals surface area contributed by atoms with E-state index < -0.39 is 0 Å². The van der Waals surface area contributed by atoms with Crippen LogP contribution >= 0.6 is 27.3 Å². The minimum atomic E-state index is 0.151. The number of carbonyl (C=O) groups excluding carboxylic acids is 1. The maximum absolute atomic E-state index is 12.5. The molecule has 2 atom stereocenters. The van der Waals surface area contributed by atoms with Crippen molar-refractivity contribution in [3.8, 4) is 0 Å². The lowest BCUT2D eigenvalue weighted by atomic mass is 10.0. The van der Waals surface area contributed by atoms with Gasteiger partial charge in [0.15, 0.2) is 0 Å². The number of halogens is 1. The summed E-state index contributed by atoms with van der Waals surface area (Å²) in [5.41, 5.74) is 5.82. The number of nitrogens with zero attached hydrogens (tertiary/aromatic N) is 1. The summed E-state index contributed by atoms with van der Waals surface area (Å²) in [4.78, 5) is 15.3. The first-order chi connectivity index (χ1) is 8.67. The van der Waals surface area contributed by atoms with Crippen molar-refractivity contribution >= 4 is 33.2 Å². The van der Waals surface area contributed by atoms with Crippen LogP contribution in [-0.4, -0.2) is 29.9 Å². The third-order valence-corrected chi connectivity index (χ3v) is 5.32. The molecule has 1 saturated carbocycles. The predicted molar refractivity (Wildman–Crippen MR) is 78.9 cm³/mol. The van der Waals surface area contributed by atoms with Gasteiger partial charge in [-0.3, -0.25) is 4.79 Å². The second kappa shape index (κ2) is 6.17. The summed E-state index contributed by atoms with van der Waals surface area (Å²) < 4.78 is 1.00. The molecule has 1 amide bonds. The van der Waals surface area contributed by atoms with E-state index in [1.807, 2.05) is 24.0 Å². The Bertz CT molecular complexity index is 421. The molecule has 1 fully saturated rings. The van der Waals surface area contributed by atoms with Crippen molar-refractivity contribution in [2.24, 2.45) is 11.7 Å². The fraction of sp³-hybridized carbons (Fsp3) is 0.615. The average molecular weight is 331 g/mol. The Hall–Kier alpha value is -0.390. The van der Waals surface area contributed by atoms with Gasteiger partial charge in [-0.25, -0.2) is 0 Å². The molecular formula is C13H19BrN2OS. The molecule has 0 radical (unpaired) electrons. The lowest BCUT2D eigenvalue weighted by Crippen LogP contribution is -2.43. The molecule has 3 nitrogen and oxygen atoms in total. The highest BCUT2D eigenvalue weighted by Crippen LogP contribution is 2.31. The zero-order valence-electron chi connectivity index (χ0n) is 10.6. The maximum atomic E-state index is 12.5. The van der Waals surface area contributed by atoms with E-state index in [0.717, 1.165) is 28.0 Å². The predicted octanol–water partition coefficient (Wildman–Crippen LogP) is 3.10. The Morgan fingerprint density at radius 3 is 2.89 bits per heavy atom. The van der Waals surface area contributed by atoms with Crippen molar-refractivity contribution in [2.75, 3.05) is 13.1 Å². The number of carbonyl (C=O) groups is 1. The molecule has 0 spiro atoms. The zero-order valence-corrected chi connectivity index (χ0v) is 13.0. The summed E-state index contributed by atoms with van der Waals surface area (Å²) in [6.07, 6.45) is 3.43. The van der Waals surface area contributed by atoms with Crippen molar-refractivity contribution in [1.29, 1.82) is 0 Å². The van der Waals surface area contributed by atoms with Crippen molar-refractivity contribution < 1.29 is 4.79 Å². The van der Waals surface area contributed by atoms with Gasteiger partial charge in [-0.1, -0.05) is 6.42 Å². The molecule has 5 heteroatoms. The van der Waals surface area contributed by atoms with Gasteiger partial charge < -0.3 is 10.6 Å². The molecule has 0 bridgehead atoms. The van der Waals surface area contributed by atoms with E-state index in [-0.39, 0.29) is 5.91 Å². The van der Waals surface area contributed by atoms with Gasteiger partial charge in [0.25, 0.3) is 5.91 Å². The van der Waals surface area contributed by atoms with Crippen LogP contribution in [0.2, 0.25) is 0 Å². The van der Waals surface area contributed by atoms with Crippen molar-refractivity contribution in [3.63, 3.8) is 0 Å². The van der Waals surface area contributed by atoms with E-state index in [9.17, 15) is 4.79 Å². The Balaban J connectivity index is 2.15. The monoisotopic (exact) mass is 330 g/mol. The number of hydrogen-bond acceptors (Lipinski definition) is 3. The molecule has 2 N–H and O–H groups in total. The number of hydrogen-bond donors (Lipinski definition) is 1. The van der Waals surface area contributed by atoms with Crippen molar-refractivity contribution in [1.82, 2.24) is 4.90 Å². The molecule has 1 aromatic heterocycles. The first-order valence-electron chi connectivity index (χ1n) is 6.43. The molecule has 1 aromatic rings. The Morgan fingerprint density at radius 1 is 1.56 bits per heavy atom. The summed E-state index contributed by atoms with van der Waals surface area (Å²) >= 11 is 4.91. The summed E-state index contributed by atoms with van der Waals surface area (Å²) in [5, 5.41) is 0. The van der Waals surface area contributed by atoms with Crippen LogP contribution in [0.15, 0.2) is 15.9 Å². The van der Waals surface area contributed by atoms with Gasteiger partial charge in [0.2, 0.25) is 0 Å². The third-order valence-electron chi connectivity index (χ3n) is 3.71. The first-order valence-corrected chi connectivity index (χ1v) is 8.04. The third kappa shape index (κ3) is 2.78. The molecule has 2 unspecified atom stereocenters. The van der Waals surface area contributed by atoms with E-state index in [1.165, 1.54) is 17.8 Å². The normalized spacial score (nSPS) is 23.3. The SMILES string of the molecule is CCN(C(=O)c1ccc(Br)s1)C1CCCC1CN. The topological polar surface area (TPSA) is 46.3 Å². The Labute approximate surface area is 120 Å². The van der Waals surface area contributed by atoms with Gasteiger partial charge in [-0.15, -0.1) is 11.3 Å². The van der Waals surface area contributed by atoms with Crippen LogP contribution < -0.4 is 5.73 Å². The molecule has 1 aliphatic rings. The van der Waals surface area contributed by atoms with E-state index in [2.05, 4.69) is 15.9 Å². The second-order valence-corrected chi connectivity index (χ2v) is 7.15. The fourth-order valence-electron chi connectivity index (χ4n) is 2.80. The molecule has 2 rings (SSSR count). The van der Waals surface area contributed by atoms with Crippen LogP contribution in [0, 0.1) is 5.92 Å². The van der Waals surface area contributed by atoms with Crippen LogP contribution in [0.4, 0.5) is 0 Å². The molecule has 1 aliphatic carbocycles. The van der Waals surface area contributed by atoms with Gasteiger partial charge in [-0.2, -0.15) is 0 Å². The van der Waals surface area contributed by atoms with Gasteiger partial charge in [0.1, 0.15) is 0 Å². The summed E-state index contributed by atoms with van der Waals surface area (Å²) in [6.45, 7) is 3.49. The van der Waals surface area contributed by atoms with Crippen LogP contribution in [0.25, 0.3) is 0 Å². The summed E-state index contributed by atoms with van der Waals surface area (Å²) in [7, 11) is 0. The lowest BCUT2D eigenvalue weighted by molar-refractivity contribution is 0.0657. The number of amides is 1. The molecule has 18 heavy (non-hydrogen) atoms. The van der Waals surface area contributed by atoms with Crippen molar-refractivity contribution in [2.45, 2.75) is 32.2 Å². The number of thiophene rings is 1. The minimum absolute atomic E-state index is 0.151. The Kier molecular flexibility index (Phi) is 4.81. The average Bonchev–Trinajstić information content (AvgIpc) is 2.98. The minimum Gasteiger partial charge on any atom is -0.335 e. The zero-order chi connectivity index (χ0) is 13.1. The van der Waals surface area contributed by atoms with Crippen molar-refractivity contribution in [3.05, 3.63) is 20.8 Å². The van der Waals surface area contributed by atoms with E-state index in [0.29, 0.717) is 18.5 Å². The van der Waals surface area contributed by atoms with E-state index in [4.69, 9.17) is 5.73 Å². The molecule has 0 aliphatic heterocycles. The Morgan fingerprint density at radius 2 is 2.33 bits per heavy atom. The van der Waals surface area contributed by atoms with Gasteiger partial charge >= 0.3 is 0 Å². The highest BCUT2D eigenvalue weighted by Gasteiger charge is 2.33. The number of rotatable bonds is 4. The molecule has 0 aromatic carbocycles. The van der Waals surface area contributed by atoms with Gasteiger partial charge in [0, 0.05) is 12.6 Å². The van der Waals surface area contributed by atoms with E-state index in [1.54, 1.807) is 0 Å². The smallest absolute Gasteiger partial charge is 0.264 e. The lowest BCUT2D eigenvalue weighted by Gasteiger charge is -2.31. The quantitative estimate of drug-likeness (QED) is 0.921. The molecule has 100 valence electrons. The van der Waals surface area contributed by atoms with Crippen LogP contribution in [0.3, 0.4) is 0 Å². The molecule has 0 saturated heterocycles. The van der Waals surface area contributed by atoms with E-state index >= 15 is 0 Å². The van der Waals surface area contributed by atoms with Crippen LogP contribution in [-0.2, 0) is 0 Å². The van der Waals surface area contributed by atoms with Gasteiger partial charge in [-0.05, 0) is 60.3 Å². The fourth-order valence-corrected chi connectivity index (χ4v) is 4.14. The molecular weight excluding hydrogens is 312 g/mol. The maximum Gasteiger partial charge on any atom is 0.264 e. The number of nitrogens with two attached hydrogens (primary N) is 1. The highest BCUT2D eigenvalue weighted by molar-refractivity contribution is 9.11. The summed E-state index contributed by atoms with van der Waals surface area (Å²) in [6, 6.07) is 4.15. The summed E-state index contributed by atoms with van der Waals surface area (Å²) in [5.74, 6) is 0.621. The molecule has 1 heterocycles. The van der Waals surface area contributed by atoms with Gasteiger partial charge in [0.05, 0.1) is 8.66 Å². The second-order valence-electron chi connectivity index (χ2n) is 4.69. The van der Waals surface area contributed by atoms with Crippen LogP contribution in [0.5, 0.6) is 0 Å². The highest BCUT2D eigenvalue weighted by atomic mass is 79.9. The first kappa shape index (κ1) is 14.0.